The van der Waals surface area contributed by atoms with Crippen LogP contribution in [0.1, 0.15) is 82.3 Å². The van der Waals surface area contributed by atoms with E-state index in [2.05, 4.69) is 29.6 Å². The number of hydrogen-bond donors (Lipinski definition) is 2. The van der Waals surface area contributed by atoms with Crippen molar-refractivity contribution in [3.63, 3.8) is 0 Å². The maximum Gasteiger partial charge on any atom is 0.303 e. The van der Waals surface area contributed by atoms with Crippen LogP contribution in [0, 0.1) is 23.2 Å². The molecular weight excluding hydrogens is 376 g/mol. The van der Waals surface area contributed by atoms with Crippen molar-refractivity contribution in [1.29, 1.82) is 0 Å². The number of carboxylic acid groups (broad SMARTS) is 1. The van der Waals surface area contributed by atoms with Gasteiger partial charge in [0.05, 0.1) is 12.1 Å². The van der Waals surface area contributed by atoms with E-state index in [1.807, 2.05) is 12.1 Å². The Morgan fingerprint density at radius 1 is 1.03 bits per heavy atom. The Morgan fingerprint density at radius 2 is 1.63 bits per heavy atom. The number of hydrazone groups is 1. The number of aliphatic carboxylic acids is 1. The number of carboxylic acids is 1. The van der Waals surface area contributed by atoms with Crippen LogP contribution >= 0.6 is 0 Å². The number of aryl methyl sites for hydroxylation is 1. The third-order valence-electron chi connectivity index (χ3n) is 7.42. The van der Waals surface area contributed by atoms with Crippen molar-refractivity contribution in [1.82, 2.24) is 5.43 Å². The van der Waals surface area contributed by atoms with Gasteiger partial charge in [-0.15, -0.1) is 0 Å². The SMILES string of the molecule is CCCc1ccc(C(CCC(=O)O)=NNC(=O)CC23CC4CC(CC(C4)C2)C3)cc1. The quantitative estimate of drug-likeness (QED) is 0.447. The second-order valence-electron chi connectivity index (χ2n) is 10.0. The summed E-state index contributed by atoms with van der Waals surface area (Å²) >= 11 is 0. The van der Waals surface area contributed by atoms with Gasteiger partial charge in [0.15, 0.2) is 0 Å². The third-order valence-corrected chi connectivity index (χ3v) is 7.42. The zero-order chi connectivity index (χ0) is 21.1. The van der Waals surface area contributed by atoms with Crippen molar-refractivity contribution in [2.75, 3.05) is 0 Å². The average molecular weight is 411 g/mol. The highest BCUT2D eigenvalue weighted by Gasteiger charge is 2.51. The Bertz CT molecular complexity index is 777. The van der Waals surface area contributed by atoms with E-state index in [9.17, 15) is 9.59 Å². The normalized spacial score (nSPS) is 29.8. The number of carbonyl (C=O) groups excluding carboxylic acids is 1. The van der Waals surface area contributed by atoms with E-state index in [-0.39, 0.29) is 17.7 Å². The molecule has 0 atom stereocenters. The second kappa shape index (κ2) is 8.91. The predicted octanol–water partition coefficient (Wildman–Crippen LogP) is 4.93. The molecule has 0 spiro atoms. The fourth-order valence-corrected chi connectivity index (χ4v) is 6.66. The summed E-state index contributed by atoms with van der Waals surface area (Å²) in [5.74, 6) is 1.58. The van der Waals surface area contributed by atoms with E-state index in [1.165, 1.54) is 44.1 Å². The molecule has 1 aromatic carbocycles. The van der Waals surface area contributed by atoms with Crippen LogP contribution in [0.5, 0.6) is 0 Å². The molecule has 4 bridgehead atoms. The first-order valence-electron chi connectivity index (χ1n) is 11.6. The van der Waals surface area contributed by atoms with Crippen molar-refractivity contribution < 1.29 is 14.7 Å². The van der Waals surface area contributed by atoms with E-state index in [1.54, 1.807) is 0 Å². The number of benzene rings is 1. The van der Waals surface area contributed by atoms with Crippen molar-refractivity contribution >= 4 is 17.6 Å². The molecule has 5 heteroatoms. The molecule has 30 heavy (non-hydrogen) atoms. The first-order chi connectivity index (χ1) is 14.4. The molecule has 5 rings (SSSR count). The minimum Gasteiger partial charge on any atom is -0.481 e. The molecule has 5 nitrogen and oxygen atoms in total. The molecule has 0 aromatic heterocycles. The van der Waals surface area contributed by atoms with Gasteiger partial charge in [-0.1, -0.05) is 37.6 Å². The lowest BCUT2D eigenvalue weighted by Gasteiger charge is -2.56. The van der Waals surface area contributed by atoms with Gasteiger partial charge in [-0.2, -0.15) is 5.10 Å². The molecule has 0 aliphatic heterocycles. The monoisotopic (exact) mass is 410 g/mol. The highest BCUT2D eigenvalue weighted by molar-refractivity contribution is 6.02. The third kappa shape index (κ3) is 4.93. The van der Waals surface area contributed by atoms with Crippen LogP contribution < -0.4 is 5.43 Å². The molecule has 4 saturated carbocycles. The molecule has 1 amide bonds. The predicted molar refractivity (Wildman–Crippen MR) is 117 cm³/mol. The van der Waals surface area contributed by atoms with Crippen LogP contribution in [0.3, 0.4) is 0 Å². The maximum absolute atomic E-state index is 12.8. The van der Waals surface area contributed by atoms with Crippen LogP contribution in [0.15, 0.2) is 29.4 Å². The van der Waals surface area contributed by atoms with E-state index in [0.717, 1.165) is 36.2 Å². The lowest BCUT2D eigenvalue weighted by Crippen LogP contribution is -2.47. The van der Waals surface area contributed by atoms with E-state index in [0.29, 0.717) is 18.6 Å². The second-order valence-corrected chi connectivity index (χ2v) is 10.0. The van der Waals surface area contributed by atoms with Crippen LogP contribution in [-0.4, -0.2) is 22.7 Å². The smallest absolute Gasteiger partial charge is 0.303 e. The van der Waals surface area contributed by atoms with Crippen LogP contribution in [-0.2, 0) is 16.0 Å². The summed E-state index contributed by atoms with van der Waals surface area (Å²) in [6.45, 7) is 2.15. The van der Waals surface area contributed by atoms with Gasteiger partial charge in [-0.25, -0.2) is 5.43 Å². The maximum atomic E-state index is 12.8. The van der Waals surface area contributed by atoms with E-state index >= 15 is 0 Å². The molecule has 0 radical (unpaired) electrons. The summed E-state index contributed by atoms with van der Waals surface area (Å²) in [6.07, 6.45) is 10.7. The lowest BCUT2D eigenvalue weighted by molar-refractivity contribution is -0.136. The number of carbonyl (C=O) groups is 2. The fourth-order valence-electron chi connectivity index (χ4n) is 6.66. The lowest BCUT2D eigenvalue weighted by atomic mass is 9.49. The standard InChI is InChI=1S/C25H34N2O3/c1-2-3-17-4-6-21(7-5-17)22(8-9-24(29)30)26-27-23(28)16-25-13-18-10-19(14-25)12-20(11-18)15-25/h4-7,18-20H,2-3,8-16H2,1H3,(H,27,28)(H,29,30). The fraction of sp³-hybridized carbons (Fsp3) is 0.640. The Kier molecular flexibility index (Phi) is 6.26. The molecule has 2 N–H and O–H groups in total. The summed E-state index contributed by atoms with van der Waals surface area (Å²) in [5.41, 5.74) is 5.73. The Balaban J connectivity index is 1.42. The van der Waals surface area contributed by atoms with Gasteiger partial charge in [0.25, 0.3) is 0 Å². The van der Waals surface area contributed by atoms with Gasteiger partial charge in [-0.3, -0.25) is 9.59 Å². The van der Waals surface area contributed by atoms with Crippen LogP contribution in [0.25, 0.3) is 0 Å². The number of nitrogens with zero attached hydrogens (tertiary/aromatic N) is 1. The van der Waals surface area contributed by atoms with Crippen LogP contribution in [0.4, 0.5) is 0 Å². The minimum atomic E-state index is -0.856. The van der Waals surface area contributed by atoms with Gasteiger partial charge in [0.1, 0.15) is 0 Å². The molecule has 4 aliphatic carbocycles. The largest absolute Gasteiger partial charge is 0.481 e. The molecule has 1 aromatic rings. The Labute approximate surface area is 179 Å². The van der Waals surface area contributed by atoms with E-state index in [4.69, 9.17) is 5.11 Å². The summed E-state index contributed by atoms with van der Waals surface area (Å²) in [5, 5.41) is 13.5. The summed E-state index contributed by atoms with van der Waals surface area (Å²) in [7, 11) is 0. The number of hydrogen-bond acceptors (Lipinski definition) is 3. The Morgan fingerprint density at radius 3 is 2.17 bits per heavy atom. The minimum absolute atomic E-state index is 0.000390. The Hall–Kier alpha value is -2.17. The zero-order valence-corrected chi connectivity index (χ0v) is 18.0. The number of nitrogens with one attached hydrogen (secondary N) is 1. The first-order valence-corrected chi connectivity index (χ1v) is 11.6. The van der Waals surface area contributed by atoms with Gasteiger partial charge in [0.2, 0.25) is 5.91 Å². The molecule has 0 heterocycles. The molecule has 4 fully saturated rings. The summed E-state index contributed by atoms with van der Waals surface area (Å²) < 4.78 is 0. The van der Waals surface area contributed by atoms with Crippen molar-refractivity contribution in [3.05, 3.63) is 35.4 Å². The van der Waals surface area contributed by atoms with Crippen LogP contribution in [0.2, 0.25) is 0 Å². The van der Waals surface area contributed by atoms with Crippen molar-refractivity contribution in [3.8, 4) is 0 Å². The summed E-state index contributed by atoms with van der Waals surface area (Å²) in [4.78, 5) is 23.9. The van der Waals surface area contributed by atoms with Gasteiger partial charge >= 0.3 is 5.97 Å². The average Bonchev–Trinajstić information content (AvgIpc) is 2.67. The molecule has 162 valence electrons. The first kappa shape index (κ1) is 21.1. The summed E-state index contributed by atoms with van der Waals surface area (Å²) in [6, 6.07) is 8.09. The van der Waals surface area contributed by atoms with Crippen molar-refractivity contribution in [2.45, 2.75) is 77.6 Å². The molecule has 4 aliphatic rings. The molecular formula is C25H34N2O3. The van der Waals surface area contributed by atoms with Crippen molar-refractivity contribution in [2.24, 2.45) is 28.3 Å². The zero-order valence-electron chi connectivity index (χ0n) is 18.0. The topological polar surface area (TPSA) is 78.8 Å². The number of rotatable bonds is 9. The highest BCUT2D eigenvalue weighted by Crippen LogP contribution is 2.61. The van der Waals surface area contributed by atoms with E-state index < -0.39 is 5.97 Å². The van der Waals surface area contributed by atoms with Gasteiger partial charge < -0.3 is 5.11 Å². The number of amides is 1. The molecule has 0 saturated heterocycles. The van der Waals surface area contributed by atoms with Gasteiger partial charge in [0, 0.05) is 12.8 Å². The highest BCUT2D eigenvalue weighted by atomic mass is 16.4. The molecule has 0 unspecified atom stereocenters. The van der Waals surface area contributed by atoms with Gasteiger partial charge in [-0.05, 0) is 79.2 Å².